The van der Waals surface area contributed by atoms with E-state index >= 15 is 0 Å². The minimum Gasteiger partial charge on any atom is -0.462 e. The molecule has 0 fully saturated rings. The summed E-state index contributed by atoms with van der Waals surface area (Å²) in [7, 11) is 0. The van der Waals surface area contributed by atoms with Gasteiger partial charge in [-0.3, -0.25) is 0 Å². The Labute approximate surface area is 107 Å². The fourth-order valence-corrected chi connectivity index (χ4v) is 1.99. The predicted molar refractivity (Wildman–Crippen MR) is 69.8 cm³/mol. The van der Waals surface area contributed by atoms with Crippen molar-refractivity contribution in [1.82, 2.24) is 9.61 Å². The Morgan fingerprint density at radius 1 is 1.39 bits per heavy atom. The number of esters is 1. The standard InChI is InChI=1S/C14H18N2O2/c1-3-5-8-11-13(14(17)18-4-2)12-9-6-7-10-16(12)15-11/h6-7,9-10H,3-5,8H2,1-2H3. The molecule has 4 nitrogen and oxygen atoms in total. The molecule has 0 aliphatic carbocycles. The molecule has 0 aliphatic heterocycles. The molecule has 2 aromatic heterocycles. The summed E-state index contributed by atoms with van der Waals surface area (Å²) in [6, 6.07) is 5.70. The summed E-state index contributed by atoms with van der Waals surface area (Å²) >= 11 is 0. The number of carbonyl (C=O) groups is 1. The summed E-state index contributed by atoms with van der Waals surface area (Å²) in [5, 5.41) is 4.47. The summed E-state index contributed by atoms with van der Waals surface area (Å²) in [5.74, 6) is -0.273. The van der Waals surface area contributed by atoms with E-state index in [1.165, 1.54) is 0 Å². The first kappa shape index (κ1) is 12.6. The summed E-state index contributed by atoms with van der Waals surface area (Å²) in [6.07, 6.45) is 4.77. The molecule has 96 valence electrons. The quantitative estimate of drug-likeness (QED) is 0.762. The molecule has 0 saturated heterocycles. The van der Waals surface area contributed by atoms with Gasteiger partial charge in [0.2, 0.25) is 0 Å². The average Bonchev–Trinajstić information content (AvgIpc) is 2.74. The zero-order chi connectivity index (χ0) is 13.0. The van der Waals surface area contributed by atoms with E-state index in [1.807, 2.05) is 31.3 Å². The second-order valence-electron chi connectivity index (χ2n) is 4.18. The van der Waals surface area contributed by atoms with Crippen molar-refractivity contribution in [3.8, 4) is 0 Å². The van der Waals surface area contributed by atoms with Crippen LogP contribution >= 0.6 is 0 Å². The molecule has 0 bridgehead atoms. The number of carbonyl (C=O) groups excluding carboxylic acids is 1. The molecule has 0 N–H and O–H groups in total. The van der Waals surface area contributed by atoms with Crippen LogP contribution in [0.4, 0.5) is 0 Å². The molecule has 0 amide bonds. The highest BCUT2D eigenvalue weighted by molar-refractivity contribution is 5.98. The number of ether oxygens (including phenoxy) is 1. The van der Waals surface area contributed by atoms with E-state index in [0.717, 1.165) is 30.5 Å². The molecular weight excluding hydrogens is 228 g/mol. The number of rotatable bonds is 5. The number of hydrogen-bond acceptors (Lipinski definition) is 3. The van der Waals surface area contributed by atoms with Crippen molar-refractivity contribution < 1.29 is 9.53 Å². The van der Waals surface area contributed by atoms with Crippen LogP contribution in [0.5, 0.6) is 0 Å². The van der Waals surface area contributed by atoms with E-state index in [1.54, 1.807) is 4.52 Å². The monoisotopic (exact) mass is 246 g/mol. The van der Waals surface area contributed by atoms with Crippen molar-refractivity contribution in [1.29, 1.82) is 0 Å². The van der Waals surface area contributed by atoms with Gasteiger partial charge in [-0.2, -0.15) is 5.10 Å². The van der Waals surface area contributed by atoms with Gasteiger partial charge in [-0.1, -0.05) is 19.4 Å². The van der Waals surface area contributed by atoms with Gasteiger partial charge in [-0.15, -0.1) is 0 Å². The number of unbranched alkanes of at least 4 members (excludes halogenated alkanes) is 1. The lowest BCUT2D eigenvalue weighted by molar-refractivity contribution is 0.0527. The number of aryl methyl sites for hydroxylation is 1. The first-order chi connectivity index (χ1) is 8.77. The van der Waals surface area contributed by atoms with Crippen LogP contribution in [0, 0.1) is 0 Å². The van der Waals surface area contributed by atoms with Crippen molar-refractivity contribution in [2.75, 3.05) is 6.61 Å². The van der Waals surface area contributed by atoms with Crippen LogP contribution in [-0.4, -0.2) is 22.2 Å². The minimum absolute atomic E-state index is 0.273. The number of hydrogen-bond donors (Lipinski definition) is 0. The smallest absolute Gasteiger partial charge is 0.342 e. The van der Waals surface area contributed by atoms with E-state index in [-0.39, 0.29) is 5.97 Å². The molecule has 2 aromatic rings. The molecule has 0 aromatic carbocycles. The molecule has 4 heteroatoms. The minimum atomic E-state index is -0.273. The fourth-order valence-electron chi connectivity index (χ4n) is 1.99. The second-order valence-corrected chi connectivity index (χ2v) is 4.18. The Balaban J connectivity index is 2.47. The predicted octanol–water partition coefficient (Wildman–Crippen LogP) is 2.85. The lowest BCUT2D eigenvalue weighted by atomic mass is 10.1. The lowest BCUT2D eigenvalue weighted by Crippen LogP contribution is -2.07. The summed E-state index contributed by atoms with van der Waals surface area (Å²) in [4.78, 5) is 12.0. The molecule has 2 rings (SSSR count). The maximum Gasteiger partial charge on any atom is 0.342 e. The van der Waals surface area contributed by atoms with Gasteiger partial charge in [0, 0.05) is 6.20 Å². The highest BCUT2D eigenvalue weighted by Crippen LogP contribution is 2.18. The van der Waals surface area contributed by atoms with E-state index in [4.69, 9.17) is 4.74 Å². The average molecular weight is 246 g/mol. The van der Waals surface area contributed by atoms with Crippen molar-refractivity contribution in [2.45, 2.75) is 33.1 Å². The highest BCUT2D eigenvalue weighted by atomic mass is 16.5. The Morgan fingerprint density at radius 3 is 2.94 bits per heavy atom. The van der Waals surface area contributed by atoms with E-state index < -0.39 is 0 Å². The molecular formula is C14H18N2O2. The van der Waals surface area contributed by atoms with E-state index in [0.29, 0.717) is 12.2 Å². The molecule has 0 saturated carbocycles. The van der Waals surface area contributed by atoms with Crippen molar-refractivity contribution in [3.05, 3.63) is 35.7 Å². The molecule has 0 atom stereocenters. The van der Waals surface area contributed by atoms with Crippen LogP contribution in [0.25, 0.3) is 5.52 Å². The summed E-state index contributed by atoms with van der Waals surface area (Å²) < 4.78 is 6.87. The topological polar surface area (TPSA) is 43.6 Å². The van der Waals surface area contributed by atoms with Gasteiger partial charge in [-0.25, -0.2) is 9.31 Å². The molecule has 0 unspecified atom stereocenters. The zero-order valence-electron chi connectivity index (χ0n) is 10.8. The van der Waals surface area contributed by atoms with Gasteiger partial charge < -0.3 is 4.74 Å². The number of fused-ring (bicyclic) bond motifs is 1. The molecule has 0 spiro atoms. The van der Waals surface area contributed by atoms with Crippen LogP contribution in [0.1, 0.15) is 42.7 Å². The maximum atomic E-state index is 12.0. The van der Waals surface area contributed by atoms with Crippen molar-refractivity contribution in [2.24, 2.45) is 0 Å². The number of pyridine rings is 1. The van der Waals surface area contributed by atoms with Gasteiger partial charge in [0.05, 0.1) is 17.8 Å². The van der Waals surface area contributed by atoms with Gasteiger partial charge in [0.1, 0.15) is 5.56 Å². The van der Waals surface area contributed by atoms with Crippen LogP contribution < -0.4 is 0 Å². The maximum absolute atomic E-state index is 12.0. The molecule has 2 heterocycles. The van der Waals surface area contributed by atoms with Crippen molar-refractivity contribution >= 4 is 11.5 Å². The first-order valence-electron chi connectivity index (χ1n) is 6.41. The molecule has 0 radical (unpaired) electrons. The third-order valence-electron chi connectivity index (χ3n) is 2.86. The molecule has 18 heavy (non-hydrogen) atoms. The number of aromatic nitrogens is 2. The fraction of sp³-hybridized carbons (Fsp3) is 0.429. The van der Waals surface area contributed by atoms with Gasteiger partial charge >= 0.3 is 5.97 Å². The van der Waals surface area contributed by atoms with Gasteiger partial charge in [-0.05, 0) is 31.9 Å². The van der Waals surface area contributed by atoms with Crippen LogP contribution in [0.3, 0.4) is 0 Å². The Kier molecular flexibility index (Phi) is 3.97. The SMILES string of the molecule is CCCCc1nn2ccccc2c1C(=O)OCC. The lowest BCUT2D eigenvalue weighted by Gasteiger charge is -2.02. The largest absolute Gasteiger partial charge is 0.462 e. The first-order valence-corrected chi connectivity index (χ1v) is 6.41. The normalized spacial score (nSPS) is 10.8. The third-order valence-corrected chi connectivity index (χ3v) is 2.86. The number of nitrogens with zero attached hydrogens (tertiary/aromatic N) is 2. The summed E-state index contributed by atoms with van der Waals surface area (Å²) in [6.45, 7) is 4.32. The molecule has 0 aliphatic rings. The van der Waals surface area contributed by atoms with Crippen LogP contribution in [0.2, 0.25) is 0 Å². The second kappa shape index (κ2) is 5.67. The summed E-state index contributed by atoms with van der Waals surface area (Å²) in [5.41, 5.74) is 2.27. The highest BCUT2D eigenvalue weighted by Gasteiger charge is 2.19. The van der Waals surface area contributed by atoms with E-state index in [2.05, 4.69) is 12.0 Å². The zero-order valence-corrected chi connectivity index (χ0v) is 10.8. The van der Waals surface area contributed by atoms with Crippen LogP contribution in [-0.2, 0) is 11.2 Å². The Hall–Kier alpha value is -1.84. The van der Waals surface area contributed by atoms with Gasteiger partial charge in [0.15, 0.2) is 0 Å². The Bertz CT molecular complexity index is 546. The van der Waals surface area contributed by atoms with Crippen LogP contribution in [0.15, 0.2) is 24.4 Å². The Morgan fingerprint density at radius 2 is 2.22 bits per heavy atom. The van der Waals surface area contributed by atoms with E-state index in [9.17, 15) is 4.79 Å². The van der Waals surface area contributed by atoms with Crippen molar-refractivity contribution in [3.63, 3.8) is 0 Å². The van der Waals surface area contributed by atoms with Gasteiger partial charge in [0.25, 0.3) is 0 Å². The third kappa shape index (κ3) is 2.37.